The Morgan fingerprint density at radius 3 is 2.29 bits per heavy atom. The van der Waals surface area contributed by atoms with Crippen molar-refractivity contribution < 1.29 is 28.6 Å². The molecule has 2 fully saturated rings. The lowest BCUT2D eigenvalue weighted by molar-refractivity contribution is -0.132. The number of halogens is 2. The van der Waals surface area contributed by atoms with Crippen LogP contribution in [0.4, 0.5) is 0 Å². The standard InChI is InChI=1S/C42H43Cl2N5O6/c1-27(50)55-39-36(53-2)22-29(23-37(39)54-3)41(52)48-21-16-42(26-48,30-11-12-32(43)33(44)24-30)15-20-47-18-13-28(14-19-47)38(51)40-46-34-9-4-5-10-35(34)49(40)25-31-8-6-7-17-45-31/h4-12,17,22-24,28H,13-16,18-21,25-26H2,1-3H3. The van der Waals surface area contributed by atoms with Crippen LogP contribution in [0.15, 0.2) is 79.0 Å². The molecule has 4 heterocycles. The molecule has 55 heavy (non-hydrogen) atoms. The van der Waals surface area contributed by atoms with Crippen molar-refractivity contribution in [2.75, 3.05) is 46.9 Å². The van der Waals surface area contributed by atoms with E-state index in [0.717, 1.165) is 67.6 Å². The number of rotatable bonds is 12. The second-order valence-electron chi connectivity index (χ2n) is 14.3. The quantitative estimate of drug-likeness (QED) is 0.0721. The van der Waals surface area contributed by atoms with E-state index in [1.54, 1.807) is 18.3 Å². The first-order valence-corrected chi connectivity index (χ1v) is 19.2. The number of amides is 1. The molecule has 0 aliphatic carbocycles. The van der Waals surface area contributed by atoms with Gasteiger partial charge in [0.05, 0.1) is 47.5 Å². The summed E-state index contributed by atoms with van der Waals surface area (Å²) in [6.45, 7) is 5.05. The number of carbonyl (C=O) groups is 3. The van der Waals surface area contributed by atoms with E-state index < -0.39 is 11.4 Å². The molecular formula is C42H43Cl2N5O6. The van der Waals surface area contributed by atoms with Crippen molar-refractivity contribution >= 4 is 51.9 Å². The molecule has 3 aromatic carbocycles. The van der Waals surface area contributed by atoms with Gasteiger partial charge in [0.2, 0.25) is 11.5 Å². The molecule has 2 aliphatic heterocycles. The average molecular weight is 785 g/mol. The summed E-state index contributed by atoms with van der Waals surface area (Å²) < 4.78 is 18.3. The highest BCUT2D eigenvalue weighted by atomic mass is 35.5. The Morgan fingerprint density at radius 2 is 1.62 bits per heavy atom. The van der Waals surface area contributed by atoms with Crippen LogP contribution in [0.3, 0.4) is 0 Å². The molecule has 0 radical (unpaired) electrons. The van der Waals surface area contributed by atoms with Gasteiger partial charge < -0.3 is 28.6 Å². The third kappa shape index (κ3) is 8.06. The molecule has 0 spiro atoms. The van der Waals surface area contributed by atoms with Crippen molar-refractivity contribution in [1.82, 2.24) is 24.3 Å². The van der Waals surface area contributed by atoms with Crippen LogP contribution in [0.2, 0.25) is 10.0 Å². The number of hydrogen-bond donors (Lipinski definition) is 0. The highest BCUT2D eigenvalue weighted by Crippen LogP contribution is 2.43. The Labute approximate surface area is 330 Å². The predicted molar refractivity (Wildman–Crippen MR) is 211 cm³/mol. The van der Waals surface area contributed by atoms with Crippen molar-refractivity contribution in [3.8, 4) is 17.2 Å². The fourth-order valence-corrected chi connectivity index (χ4v) is 8.23. The van der Waals surface area contributed by atoms with Gasteiger partial charge in [0.25, 0.3) is 5.91 Å². The molecular weight excluding hydrogens is 741 g/mol. The first-order valence-electron chi connectivity index (χ1n) is 18.4. The van der Waals surface area contributed by atoms with Gasteiger partial charge in [-0.25, -0.2) is 4.98 Å². The number of methoxy groups -OCH3 is 2. The first-order chi connectivity index (χ1) is 26.6. The van der Waals surface area contributed by atoms with E-state index in [9.17, 15) is 14.4 Å². The lowest BCUT2D eigenvalue weighted by Crippen LogP contribution is -2.41. The third-order valence-corrected chi connectivity index (χ3v) is 11.7. The van der Waals surface area contributed by atoms with Gasteiger partial charge in [-0.15, -0.1) is 0 Å². The first kappa shape index (κ1) is 38.3. The van der Waals surface area contributed by atoms with Crippen LogP contribution in [0.1, 0.15) is 64.8 Å². The lowest BCUT2D eigenvalue weighted by Gasteiger charge is -2.36. The van der Waals surface area contributed by atoms with Crippen LogP contribution in [-0.2, 0) is 16.8 Å². The fraction of sp³-hybridized carbons (Fsp3) is 0.357. The second kappa shape index (κ2) is 16.4. The molecule has 2 aliphatic rings. The number of piperidine rings is 1. The van der Waals surface area contributed by atoms with E-state index in [1.807, 2.05) is 70.1 Å². The van der Waals surface area contributed by atoms with Crippen molar-refractivity contribution in [2.45, 2.75) is 44.6 Å². The maximum Gasteiger partial charge on any atom is 0.308 e. The molecule has 1 amide bonds. The number of benzene rings is 3. The Hall–Kier alpha value is -4.97. The highest BCUT2D eigenvalue weighted by Gasteiger charge is 2.42. The monoisotopic (exact) mass is 783 g/mol. The van der Waals surface area contributed by atoms with Gasteiger partial charge >= 0.3 is 5.97 Å². The summed E-state index contributed by atoms with van der Waals surface area (Å²) in [7, 11) is 2.89. The van der Waals surface area contributed by atoms with Crippen molar-refractivity contribution in [1.29, 1.82) is 0 Å². The van der Waals surface area contributed by atoms with Crippen LogP contribution in [-0.4, -0.2) is 88.9 Å². The molecule has 2 saturated heterocycles. The van der Waals surface area contributed by atoms with Crippen LogP contribution in [0.25, 0.3) is 11.0 Å². The number of Topliss-reactive ketones (excluding diaryl/α,β-unsaturated/α-hetero) is 1. The molecule has 7 rings (SSSR count). The van der Waals surface area contributed by atoms with Gasteiger partial charge in [0.1, 0.15) is 0 Å². The second-order valence-corrected chi connectivity index (χ2v) is 15.1. The number of para-hydroxylation sites is 2. The molecule has 13 heteroatoms. The van der Waals surface area contributed by atoms with Crippen molar-refractivity contribution in [3.63, 3.8) is 0 Å². The van der Waals surface area contributed by atoms with Crippen LogP contribution < -0.4 is 14.2 Å². The highest BCUT2D eigenvalue weighted by molar-refractivity contribution is 6.42. The molecule has 0 N–H and O–H groups in total. The minimum absolute atomic E-state index is 0.0677. The third-order valence-electron chi connectivity index (χ3n) is 10.9. The number of nitrogens with zero attached hydrogens (tertiary/aromatic N) is 5. The maximum absolute atomic E-state index is 14.1. The number of likely N-dealkylation sites (tertiary alicyclic amines) is 2. The Balaban J connectivity index is 1.06. The van der Waals surface area contributed by atoms with Crippen LogP contribution >= 0.6 is 23.2 Å². The molecule has 1 atom stereocenters. The number of imidazole rings is 1. The zero-order valence-electron chi connectivity index (χ0n) is 31.1. The van der Waals surface area contributed by atoms with Gasteiger partial charge in [-0.3, -0.25) is 19.4 Å². The minimum atomic E-state index is -0.533. The van der Waals surface area contributed by atoms with E-state index >= 15 is 0 Å². The normalized spacial score (nSPS) is 17.7. The summed E-state index contributed by atoms with van der Waals surface area (Å²) in [6.07, 6.45) is 4.70. The minimum Gasteiger partial charge on any atom is -0.493 e. The summed E-state index contributed by atoms with van der Waals surface area (Å²) in [5.74, 6) is 0.250. The number of ketones is 1. The largest absolute Gasteiger partial charge is 0.493 e. The Bertz CT molecular complexity index is 2200. The number of fused-ring (bicyclic) bond motifs is 1. The average Bonchev–Trinajstić information content (AvgIpc) is 3.81. The molecule has 2 aromatic heterocycles. The molecule has 286 valence electrons. The number of pyridine rings is 1. The summed E-state index contributed by atoms with van der Waals surface area (Å²) in [5.41, 5.74) is 3.58. The van der Waals surface area contributed by atoms with Crippen molar-refractivity contribution in [3.05, 3.63) is 112 Å². The number of carbonyl (C=O) groups excluding carboxylic acids is 3. The number of aromatic nitrogens is 3. The molecule has 11 nitrogen and oxygen atoms in total. The van der Waals surface area contributed by atoms with Crippen molar-refractivity contribution in [2.24, 2.45) is 5.92 Å². The molecule has 0 saturated carbocycles. The van der Waals surface area contributed by atoms with Crippen LogP contribution in [0, 0.1) is 5.92 Å². The summed E-state index contributed by atoms with van der Waals surface area (Å²) in [6, 6.07) is 22.5. The fourth-order valence-electron chi connectivity index (χ4n) is 7.94. The van der Waals surface area contributed by atoms with Crippen LogP contribution in [0.5, 0.6) is 17.2 Å². The number of esters is 1. The SMILES string of the molecule is COc1cc(C(=O)N2CCC(CCN3CCC(C(=O)c4nc5ccccc5n4Cc4ccccn4)CC3)(c3ccc(Cl)c(Cl)c3)C2)cc(OC)c1OC(C)=O. The summed E-state index contributed by atoms with van der Waals surface area (Å²) >= 11 is 12.9. The van der Waals surface area contributed by atoms with Gasteiger partial charge in [-0.1, -0.05) is 47.5 Å². The lowest BCUT2D eigenvalue weighted by atomic mass is 9.76. The summed E-state index contributed by atoms with van der Waals surface area (Å²) in [4.78, 5) is 53.5. The zero-order valence-corrected chi connectivity index (χ0v) is 32.6. The predicted octanol–water partition coefficient (Wildman–Crippen LogP) is 7.50. The van der Waals surface area contributed by atoms with Gasteiger partial charge in [-0.05, 0) is 99.4 Å². The molecule has 0 bridgehead atoms. The van der Waals surface area contributed by atoms with E-state index in [1.165, 1.54) is 21.1 Å². The molecule has 1 unspecified atom stereocenters. The topological polar surface area (TPSA) is 116 Å². The molecule has 5 aromatic rings. The Morgan fingerprint density at radius 1 is 0.891 bits per heavy atom. The smallest absolute Gasteiger partial charge is 0.308 e. The van der Waals surface area contributed by atoms with Gasteiger partial charge in [0, 0.05) is 43.1 Å². The Kier molecular flexibility index (Phi) is 11.4. The number of hydrogen-bond acceptors (Lipinski definition) is 9. The van der Waals surface area contributed by atoms with E-state index in [4.69, 9.17) is 42.4 Å². The number of ether oxygens (including phenoxy) is 3. The van der Waals surface area contributed by atoms with E-state index in [-0.39, 0.29) is 34.9 Å². The van der Waals surface area contributed by atoms with E-state index in [0.29, 0.717) is 41.1 Å². The zero-order chi connectivity index (χ0) is 38.7. The van der Waals surface area contributed by atoms with Gasteiger partial charge in [-0.2, -0.15) is 0 Å². The van der Waals surface area contributed by atoms with Gasteiger partial charge in [0.15, 0.2) is 17.3 Å². The van der Waals surface area contributed by atoms with E-state index in [2.05, 4.69) is 9.88 Å². The summed E-state index contributed by atoms with van der Waals surface area (Å²) in [5, 5.41) is 0.936. The maximum atomic E-state index is 14.1.